The Balaban J connectivity index is 1.88. The molecule has 98 valence electrons. The second-order valence-electron chi connectivity index (χ2n) is 4.50. The maximum Gasteiger partial charge on any atom is 0.0702 e. The Morgan fingerprint density at radius 2 is 1.65 bits per heavy atom. The average Bonchev–Trinajstić information content (AvgIpc) is 2.62. The highest BCUT2D eigenvalue weighted by molar-refractivity contribution is 5.59. The van der Waals surface area contributed by atoms with Crippen LogP contribution in [0.2, 0.25) is 0 Å². The summed E-state index contributed by atoms with van der Waals surface area (Å²) in [5.74, 6) is 0. The highest BCUT2D eigenvalue weighted by Crippen LogP contribution is 2.19. The molecule has 0 N–H and O–H groups in total. The SMILES string of the molecule is [2H]C([2H])([2H])c1ccc(-c2ccc(C([2H])([2H])c3ccccc3)cc2)nc1. The third-order valence-electron chi connectivity index (χ3n) is 3.01. The van der Waals surface area contributed by atoms with Gasteiger partial charge in [0.2, 0.25) is 0 Å². The summed E-state index contributed by atoms with van der Waals surface area (Å²) in [4.78, 5) is 4.21. The highest BCUT2D eigenvalue weighted by atomic mass is 14.7. The summed E-state index contributed by atoms with van der Waals surface area (Å²) >= 11 is 0. The lowest BCUT2D eigenvalue weighted by atomic mass is 10.0. The van der Waals surface area contributed by atoms with Gasteiger partial charge in [-0.3, -0.25) is 4.98 Å². The number of rotatable bonds is 3. The standard InChI is InChI=1S/C19H17N/c1-15-7-12-19(20-14-15)18-10-8-17(9-11-18)13-16-5-3-2-4-6-16/h2-12,14H,13H2,1H3/i1D3,13D2. The quantitative estimate of drug-likeness (QED) is 0.671. The number of aromatic nitrogens is 1. The van der Waals surface area contributed by atoms with Crippen LogP contribution in [0, 0.1) is 6.85 Å². The number of aryl methyl sites for hydroxylation is 1. The van der Waals surface area contributed by atoms with Gasteiger partial charge in [0.25, 0.3) is 0 Å². The number of benzene rings is 2. The van der Waals surface area contributed by atoms with Crippen LogP contribution in [0.1, 0.15) is 23.5 Å². The lowest BCUT2D eigenvalue weighted by Gasteiger charge is -2.05. The zero-order valence-electron chi connectivity index (χ0n) is 15.9. The molecule has 2 aromatic carbocycles. The van der Waals surface area contributed by atoms with Gasteiger partial charge in [-0.05, 0) is 36.0 Å². The fourth-order valence-corrected chi connectivity index (χ4v) is 1.98. The maximum absolute atomic E-state index is 8.37. The number of hydrogen-bond acceptors (Lipinski definition) is 1. The van der Waals surface area contributed by atoms with Crippen molar-refractivity contribution in [1.82, 2.24) is 4.98 Å². The van der Waals surface area contributed by atoms with Gasteiger partial charge < -0.3 is 0 Å². The van der Waals surface area contributed by atoms with Crippen LogP contribution in [0.5, 0.6) is 0 Å². The summed E-state index contributed by atoms with van der Waals surface area (Å²) in [6.07, 6.45) is -0.224. The summed E-state index contributed by atoms with van der Waals surface area (Å²) in [6, 6.07) is 19.3. The van der Waals surface area contributed by atoms with Gasteiger partial charge in [0, 0.05) is 18.6 Å². The predicted molar refractivity (Wildman–Crippen MR) is 83.7 cm³/mol. The Morgan fingerprint density at radius 3 is 2.30 bits per heavy atom. The monoisotopic (exact) mass is 264 g/mol. The van der Waals surface area contributed by atoms with Gasteiger partial charge in [0.15, 0.2) is 0 Å². The summed E-state index contributed by atoms with van der Waals surface area (Å²) < 4.78 is 38.9. The van der Waals surface area contributed by atoms with Crippen LogP contribution in [0.3, 0.4) is 0 Å². The van der Waals surface area contributed by atoms with E-state index in [4.69, 9.17) is 6.85 Å². The topological polar surface area (TPSA) is 12.9 Å². The molecule has 0 aliphatic carbocycles. The molecule has 0 saturated carbocycles. The van der Waals surface area contributed by atoms with Crippen LogP contribution in [0.4, 0.5) is 0 Å². The molecular formula is C19H17N. The van der Waals surface area contributed by atoms with Gasteiger partial charge in [-0.1, -0.05) is 60.7 Å². The van der Waals surface area contributed by atoms with Crippen molar-refractivity contribution < 1.29 is 6.85 Å². The molecule has 20 heavy (non-hydrogen) atoms. The van der Waals surface area contributed by atoms with E-state index >= 15 is 0 Å². The van der Waals surface area contributed by atoms with E-state index < -0.39 is 13.2 Å². The molecule has 1 heterocycles. The van der Waals surface area contributed by atoms with Gasteiger partial charge >= 0.3 is 0 Å². The molecule has 0 radical (unpaired) electrons. The smallest absolute Gasteiger partial charge is 0.0702 e. The third kappa shape index (κ3) is 2.94. The molecular weight excluding hydrogens is 242 g/mol. The van der Waals surface area contributed by atoms with Crippen molar-refractivity contribution in [3.05, 3.63) is 89.6 Å². The summed E-state index contributed by atoms with van der Waals surface area (Å²) in [7, 11) is 0. The van der Waals surface area contributed by atoms with E-state index in [1.165, 1.54) is 6.20 Å². The minimum Gasteiger partial charge on any atom is -0.256 e. The zero-order valence-corrected chi connectivity index (χ0v) is 10.9. The Hall–Kier alpha value is -2.41. The van der Waals surface area contributed by atoms with Gasteiger partial charge in [0.1, 0.15) is 0 Å². The van der Waals surface area contributed by atoms with E-state index in [-0.39, 0.29) is 5.56 Å². The van der Waals surface area contributed by atoms with Crippen molar-refractivity contribution in [1.29, 1.82) is 0 Å². The molecule has 0 saturated heterocycles. The zero-order chi connectivity index (χ0) is 18.1. The first kappa shape index (κ1) is 8.01. The van der Waals surface area contributed by atoms with Crippen LogP contribution in [0.15, 0.2) is 72.9 Å². The molecule has 0 atom stereocenters. The number of nitrogens with zero attached hydrogens (tertiary/aromatic N) is 1. The molecule has 1 aromatic heterocycles. The number of pyridine rings is 1. The second-order valence-corrected chi connectivity index (χ2v) is 4.50. The van der Waals surface area contributed by atoms with Crippen LogP contribution < -0.4 is 0 Å². The summed E-state index contributed by atoms with van der Waals surface area (Å²) in [5, 5.41) is 0. The minimum atomic E-state index is -2.17. The van der Waals surface area contributed by atoms with Gasteiger partial charge in [-0.15, -0.1) is 0 Å². The first-order valence-corrected chi connectivity index (χ1v) is 6.41. The van der Waals surface area contributed by atoms with E-state index in [0.717, 1.165) is 5.56 Å². The first-order chi connectivity index (χ1) is 11.8. The Labute approximate surface area is 127 Å². The normalized spacial score (nSPS) is 15.5. The molecule has 1 nitrogen and oxygen atoms in total. The molecule has 0 bridgehead atoms. The fraction of sp³-hybridized carbons (Fsp3) is 0.105. The lowest BCUT2D eigenvalue weighted by Crippen LogP contribution is -1.89. The molecule has 3 aromatic rings. The fourth-order valence-electron chi connectivity index (χ4n) is 1.98. The van der Waals surface area contributed by atoms with E-state index in [1.54, 1.807) is 48.5 Å². The van der Waals surface area contributed by atoms with Gasteiger partial charge in [0.05, 0.1) is 5.69 Å². The largest absolute Gasteiger partial charge is 0.256 e. The molecule has 0 spiro atoms. The molecule has 0 aliphatic rings. The van der Waals surface area contributed by atoms with Crippen LogP contribution in [-0.2, 0) is 6.37 Å². The van der Waals surface area contributed by atoms with Crippen molar-refractivity contribution in [2.24, 2.45) is 0 Å². The van der Waals surface area contributed by atoms with Gasteiger partial charge in [-0.2, -0.15) is 0 Å². The van der Waals surface area contributed by atoms with E-state index in [9.17, 15) is 0 Å². The van der Waals surface area contributed by atoms with E-state index in [2.05, 4.69) is 4.98 Å². The van der Waals surface area contributed by atoms with Gasteiger partial charge in [-0.25, -0.2) is 0 Å². The van der Waals surface area contributed by atoms with Crippen LogP contribution >= 0.6 is 0 Å². The molecule has 0 fully saturated rings. The Kier molecular flexibility index (Phi) is 2.28. The van der Waals surface area contributed by atoms with Crippen molar-refractivity contribution in [3.8, 4) is 11.3 Å². The van der Waals surface area contributed by atoms with E-state index in [1.807, 2.05) is 18.2 Å². The Bertz CT molecular complexity index is 838. The first-order valence-electron chi connectivity index (χ1n) is 8.91. The molecule has 3 rings (SSSR count). The summed E-state index contributed by atoms with van der Waals surface area (Å²) in [6.45, 7) is -2.17. The minimum absolute atomic E-state index is 0.202. The Morgan fingerprint density at radius 1 is 0.900 bits per heavy atom. The van der Waals surface area contributed by atoms with Crippen molar-refractivity contribution in [2.45, 2.75) is 13.2 Å². The van der Waals surface area contributed by atoms with E-state index in [0.29, 0.717) is 16.8 Å². The predicted octanol–water partition coefficient (Wildman–Crippen LogP) is 4.65. The molecule has 0 aliphatic heterocycles. The van der Waals surface area contributed by atoms with Crippen LogP contribution in [-0.4, -0.2) is 4.98 Å². The van der Waals surface area contributed by atoms with Crippen LogP contribution in [0.25, 0.3) is 11.3 Å². The molecule has 0 unspecified atom stereocenters. The third-order valence-corrected chi connectivity index (χ3v) is 3.01. The van der Waals surface area contributed by atoms with Crippen molar-refractivity contribution in [2.75, 3.05) is 0 Å². The molecule has 0 amide bonds. The maximum atomic E-state index is 8.37. The summed E-state index contributed by atoms with van der Waals surface area (Å²) in [5.41, 5.74) is 2.82. The van der Waals surface area contributed by atoms with Crippen molar-refractivity contribution >= 4 is 0 Å². The number of hydrogen-bond donors (Lipinski definition) is 0. The second kappa shape index (κ2) is 5.70. The highest BCUT2D eigenvalue weighted by Gasteiger charge is 2.00. The average molecular weight is 264 g/mol. The lowest BCUT2D eigenvalue weighted by molar-refractivity contribution is 1.19. The molecule has 1 heteroatoms. The van der Waals surface area contributed by atoms with Crippen molar-refractivity contribution in [3.63, 3.8) is 0 Å².